The van der Waals surface area contributed by atoms with Gasteiger partial charge in [-0.3, -0.25) is 9.59 Å². The number of benzene rings is 2. The lowest BCUT2D eigenvalue weighted by Crippen LogP contribution is -2.45. The van der Waals surface area contributed by atoms with Crippen LogP contribution in [0.25, 0.3) is 0 Å². The van der Waals surface area contributed by atoms with E-state index in [9.17, 15) is 9.59 Å². The van der Waals surface area contributed by atoms with E-state index in [0.29, 0.717) is 44.2 Å². The van der Waals surface area contributed by atoms with Crippen LogP contribution < -0.4 is 9.47 Å². The minimum absolute atomic E-state index is 0.0124. The van der Waals surface area contributed by atoms with Gasteiger partial charge in [-0.05, 0) is 41.1 Å². The van der Waals surface area contributed by atoms with E-state index in [2.05, 4.69) is 0 Å². The Labute approximate surface area is 216 Å². The molecule has 1 unspecified atom stereocenters. The quantitative estimate of drug-likeness (QED) is 0.356. The number of rotatable bonds is 12. The Kier molecular flexibility index (Phi) is 8.97. The summed E-state index contributed by atoms with van der Waals surface area (Å²) in [6.45, 7) is 3.75. The van der Waals surface area contributed by atoms with Crippen LogP contribution in [0.15, 0.2) is 66.0 Å². The van der Waals surface area contributed by atoms with Gasteiger partial charge in [-0.1, -0.05) is 49.4 Å². The van der Waals surface area contributed by atoms with Crippen molar-refractivity contribution in [3.63, 3.8) is 0 Å². The van der Waals surface area contributed by atoms with Crippen LogP contribution in [0.3, 0.4) is 0 Å². The Hall–Kier alpha value is -3.36. The SMILES string of the molecule is CCC(C(=O)N(CCOC)CC(=O)N(Cc1ccc2c(c1)OCO2)Cc1cccs1)c1ccccc1. The molecule has 0 aliphatic carbocycles. The summed E-state index contributed by atoms with van der Waals surface area (Å²) in [6, 6.07) is 19.4. The molecule has 1 aromatic heterocycles. The summed E-state index contributed by atoms with van der Waals surface area (Å²) in [6.07, 6.45) is 0.649. The van der Waals surface area contributed by atoms with Gasteiger partial charge in [-0.15, -0.1) is 11.3 Å². The maximum atomic E-state index is 13.7. The molecule has 3 aromatic rings. The van der Waals surface area contributed by atoms with Crippen molar-refractivity contribution in [1.29, 1.82) is 0 Å². The zero-order valence-electron chi connectivity index (χ0n) is 20.7. The van der Waals surface area contributed by atoms with Crippen molar-refractivity contribution in [3.8, 4) is 11.5 Å². The molecule has 0 saturated carbocycles. The molecule has 7 nitrogen and oxygen atoms in total. The van der Waals surface area contributed by atoms with Crippen LogP contribution in [0.5, 0.6) is 11.5 Å². The summed E-state index contributed by atoms with van der Waals surface area (Å²) >= 11 is 1.61. The second-order valence-corrected chi connectivity index (χ2v) is 9.67. The van der Waals surface area contributed by atoms with E-state index in [4.69, 9.17) is 14.2 Å². The average molecular weight is 509 g/mol. The standard InChI is InChI=1S/C28H32N2O5S/c1-3-24(22-8-5-4-6-9-22)28(32)29(13-14-33-2)19-27(31)30(18-23-10-7-15-36-23)17-21-11-12-25-26(16-21)35-20-34-25/h4-12,15-16,24H,3,13-14,17-20H2,1-2H3. The lowest BCUT2D eigenvalue weighted by atomic mass is 9.95. The minimum Gasteiger partial charge on any atom is -0.454 e. The van der Waals surface area contributed by atoms with Crippen LogP contribution in [0.4, 0.5) is 0 Å². The second-order valence-electron chi connectivity index (χ2n) is 8.64. The van der Waals surface area contributed by atoms with Crippen LogP contribution in [0.1, 0.15) is 35.3 Å². The number of methoxy groups -OCH3 is 1. The molecule has 0 saturated heterocycles. The molecule has 36 heavy (non-hydrogen) atoms. The first-order chi connectivity index (χ1) is 17.6. The van der Waals surface area contributed by atoms with Crippen LogP contribution in [-0.4, -0.2) is 55.2 Å². The first kappa shape index (κ1) is 25.7. The second kappa shape index (κ2) is 12.6. The zero-order valence-corrected chi connectivity index (χ0v) is 21.5. The molecule has 190 valence electrons. The fourth-order valence-electron chi connectivity index (χ4n) is 4.27. The molecule has 2 heterocycles. The molecule has 0 N–H and O–H groups in total. The molecular formula is C28H32N2O5S. The Balaban J connectivity index is 1.53. The summed E-state index contributed by atoms with van der Waals surface area (Å²) in [4.78, 5) is 31.8. The van der Waals surface area contributed by atoms with E-state index in [1.54, 1.807) is 28.2 Å². The van der Waals surface area contributed by atoms with E-state index in [1.807, 2.05) is 73.0 Å². The Morgan fingerprint density at radius 2 is 1.81 bits per heavy atom. The van der Waals surface area contributed by atoms with Crippen molar-refractivity contribution in [1.82, 2.24) is 9.80 Å². The van der Waals surface area contributed by atoms with Crippen LogP contribution in [0.2, 0.25) is 0 Å². The number of hydrogen-bond acceptors (Lipinski definition) is 6. The number of ether oxygens (including phenoxy) is 3. The number of nitrogens with zero attached hydrogens (tertiary/aromatic N) is 2. The fraction of sp³-hybridized carbons (Fsp3) is 0.357. The summed E-state index contributed by atoms with van der Waals surface area (Å²) in [7, 11) is 1.60. The number of amides is 2. The third kappa shape index (κ3) is 6.44. The van der Waals surface area contributed by atoms with Crippen molar-refractivity contribution in [2.75, 3.05) is 33.6 Å². The highest BCUT2D eigenvalue weighted by molar-refractivity contribution is 7.09. The highest BCUT2D eigenvalue weighted by Crippen LogP contribution is 2.33. The lowest BCUT2D eigenvalue weighted by Gasteiger charge is -2.30. The van der Waals surface area contributed by atoms with Gasteiger partial charge in [-0.2, -0.15) is 0 Å². The van der Waals surface area contributed by atoms with Crippen LogP contribution in [0, 0.1) is 0 Å². The van der Waals surface area contributed by atoms with Gasteiger partial charge >= 0.3 is 0 Å². The van der Waals surface area contributed by atoms with E-state index in [-0.39, 0.29) is 31.1 Å². The molecule has 2 aromatic carbocycles. The van der Waals surface area contributed by atoms with Gasteiger partial charge in [0.05, 0.1) is 25.6 Å². The molecule has 0 spiro atoms. The van der Waals surface area contributed by atoms with Crippen molar-refractivity contribution >= 4 is 23.2 Å². The first-order valence-corrected chi connectivity index (χ1v) is 13.0. The van der Waals surface area contributed by atoms with Crippen LogP contribution >= 0.6 is 11.3 Å². The predicted molar refractivity (Wildman–Crippen MR) is 139 cm³/mol. The lowest BCUT2D eigenvalue weighted by molar-refractivity contribution is -0.142. The van der Waals surface area contributed by atoms with E-state index >= 15 is 0 Å². The van der Waals surface area contributed by atoms with Gasteiger partial charge in [0.2, 0.25) is 18.6 Å². The van der Waals surface area contributed by atoms with Crippen LogP contribution in [-0.2, 0) is 27.4 Å². The van der Waals surface area contributed by atoms with Gasteiger partial charge in [0, 0.05) is 25.1 Å². The van der Waals surface area contributed by atoms with Gasteiger partial charge in [-0.25, -0.2) is 0 Å². The molecule has 0 radical (unpaired) electrons. The predicted octanol–water partition coefficient (Wildman–Crippen LogP) is 4.67. The summed E-state index contributed by atoms with van der Waals surface area (Å²) in [5.74, 6) is 0.899. The summed E-state index contributed by atoms with van der Waals surface area (Å²) < 4.78 is 16.2. The molecule has 1 aliphatic heterocycles. The normalized spacial score (nSPS) is 12.8. The topological polar surface area (TPSA) is 68.3 Å². The van der Waals surface area contributed by atoms with E-state index in [0.717, 1.165) is 16.0 Å². The molecule has 2 amide bonds. The molecule has 8 heteroatoms. The largest absolute Gasteiger partial charge is 0.454 e. The summed E-state index contributed by atoms with van der Waals surface area (Å²) in [5.41, 5.74) is 1.89. The minimum atomic E-state index is -0.310. The van der Waals surface area contributed by atoms with Crippen molar-refractivity contribution in [2.45, 2.75) is 32.4 Å². The van der Waals surface area contributed by atoms with Gasteiger partial charge in [0.15, 0.2) is 11.5 Å². The molecular weight excluding hydrogens is 476 g/mol. The van der Waals surface area contributed by atoms with Crippen molar-refractivity contribution in [2.24, 2.45) is 0 Å². The zero-order chi connectivity index (χ0) is 25.3. The average Bonchev–Trinajstić information content (AvgIpc) is 3.59. The third-order valence-electron chi connectivity index (χ3n) is 6.20. The molecule has 1 atom stereocenters. The Bertz CT molecular complexity index is 1140. The Morgan fingerprint density at radius 3 is 2.53 bits per heavy atom. The highest BCUT2D eigenvalue weighted by Gasteiger charge is 2.28. The monoisotopic (exact) mass is 508 g/mol. The maximum Gasteiger partial charge on any atom is 0.242 e. The van der Waals surface area contributed by atoms with Gasteiger partial charge in [0.25, 0.3) is 0 Å². The molecule has 1 aliphatic rings. The van der Waals surface area contributed by atoms with Crippen molar-refractivity contribution in [3.05, 3.63) is 82.0 Å². The van der Waals surface area contributed by atoms with Gasteiger partial charge in [0.1, 0.15) is 0 Å². The number of carbonyl (C=O) groups excluding carboxylic acids is 2. The number of carbonyl (C=O) groups is 2. The third-order valence-corrected chi connectivity index (χ3v) is 7.06. The number of hydrogen-bond donors (Lipinski definition) is 0. The first-order valence-electron chi connectivity index (χ1n) is 12.1. The van der Waals surface area contributed by atoms with E-state index < -0.39 is 0 Å². The number of fused-ring (bicyclic) bond motifs is 1. The molecule has 0 fully saturated rings. The highest BCUT2D eigenvalue weighted by atomic mass is 32.1. The van der Waals surface area contributed by atoms with Crippen molar-refractivity contribution < 1.29 is 23.8 Å². The summed E-state index contributed by atoms with van der Waals surface area (Å²) in [5, 5.41) is 2.00. The Morgan fingerprint density at radius 1 is 1.00 bits per heavy atom. The smallest absolute Gasteiger partial charge is 0.242 e. The van der Waals surface area contributed by atoms with E-state index in [1.165, 1.54) is 0 Å². The molecule has 0 bridgehead atoms. The van der Waals surface area contributed by atoms with Gasteiger partial charge < -0.3 is 24.0 Å². The number of thiophene rings is 1. The fourth-order valence-corrected chi connectivity index (χ4v) is 4.99. The molecule has 4 rings (SSSR count). The maximum absolute atomic E-state index is 13.7.